The fourth-order valence-corrected chi connectivity index (χ4v) is 4.79. The molecule has 6 heteroatoms. The number of nitrogens with zero attached hydrogens (tertiary/aromatic N) is 2. The molecule has 35 heavy (non-hydrogen) atoms. The number of para-hydroxylation sites is 1. The van der Waals surface area contributed by atoms with E-state index >= 15 is 0 Å². The number of nitrogens with one attached hydrogen (secondary N) is 1. The van der Waals surface area contributed by atoms with Crippen LogP contribution in [0.4, 0.5) is 0 Å². The number of aromatic nitrogens is 1. The average Bonchev–Trinajstić information content (AvgIpc) is 2.89. The lowest BCUT2D eigenvalue weighted by Gasteiger charge is -2.32. The SMILES string of the molecule is COc1cccc(CN2CCC(c3nc(C)ccc3C(=O)NCCc3ccccc3OC)CC2)c1. The zero-order chi connectivity index (χ0) is 24.6. The lowest BCUT2D eigenvalue weighted by Crippen LogP contribution is -2.34. The minimum atomic E-state index is -0.0544. The minimum Gasteiger partial charge on any atom is -0.497 e. The number of ether oxygens (including phenoxy) is 2. The lowest BCUT2D eigenvalue weighted by atomic mass is 9.89. The van der Waals surface area contributed by atoms with Crippen LogP contribution in [-0.2, 0) is 13.0 Å². The molecule has 1 fully saturated rings. The van der Waals surface area contributed by atoms with Gasteiger partial charge in [-0.15, -0.1) is 0 Å². The van der Waals surface area contributed by atoms with E-state index in [-0.39, 0.29) is 11.8 Å². The standard InChI is InChI=1S/C29H35N3O3/c1-21-11-12-26(29(33)30-16-13-23-8-4-5-10-27(23)35-3)28(31-21)24-14-17-32(18-15-24)20-22-7-6-9-25(19-22)34-2/h4-12,19,24H,13-18,20H2,1-3H3,(H,30,33). The zero-order valence-corrected chi connectivity index (χ0v) is 20.9. The first-order valence-electron chi connectivity index (χ1n) is 12.3. The van der Waals surface area contributed by atoms with Crippen molar-refractivity contribution in [3.05, 3.63) is 88.7 Å². The summed E-state index contributed by atoms with van der Waals surface area (Å²) in [5.74, 6) is 1.97. The molecule has 3 aromatic rings. The maximum absolute atomic E-state index is 13.1. The summed E-state index contributed by atoms with van der Waals surface area (Å²) < 4.78 is 10.8. The van der Waals surface area contributed by atoms with E-state index in [2.05, 4.69) is 22.3 Å². The predicted molar refractivity (Wildman–Crippen MR) is 138 cm³/mol. The van der Waals surface area contributed by atoms with Crippen LogP contribution >= 0.6 is 0 Å². The second-order valence-corrected chi connectivity index (χ2v) is 9.11. The number of aryl methyl sites for hydroxylation is 1. The van der Waals surface area contributed by atoms with Crippen molar-refractivity contribution in [1.29, 1.82) is 0 Å². The molecule has 2 heterocycles. The van der Waals surface area contributed by atoms with E-state index in [0.29, 0.717) is 18.5 Å². The molecule has 0 saturated carbocycles. The Bertz CT molecular complexity index is 1140. The zero-order valence-electron chi connectivity index (χ0n) is 20.9. The highest BCUT2D eigenvalue weighted by Gasteiger charge is 2.26. The molecule has 1 amide bonds. The van der Waals surface area contributed by atoms with Crippen LogP contribution in [0.2, 0.25) is 0 Å². The van der Waals surface area contributed by atoms with Crippen LogP contribution in [-0.4, -0.2) is 49.6 Å². The van der Waals surface area contributed by atoms with Gasteiger partial charge < -0.3 is 14.8 Å². The van der Waals surface area contributed by atoms with Crippen LogP contribution in [0.5, 0.6) is 11.5 Å². The summed E-state index contributed by atoms with van der Waals surface area (Å²) in [5.41, 5.74) is 4.92. The molecule has 184 valence electrons. The van der Waals surface area contributed by atoms with Crippen molar-refractivity contribution in [2.75, 3.05) is 33.9 Å². The van der Waals surface area contributed by atoms with E-state index in [4.69, 9.17) is 14.5 Å². The van der Waals surface area contributed by atoms with Crippen LogP contribution in [0, 0.1) is 6.92 Å². The van der Waals surface area contributed by atoms with Gasteiger partial charge in [0, 0.05) is 24.7 Å². The van der Waals surface area contributed by atoms with Crippen LogP contribution in [0.3, 0.4) is 0 Å². The molecule has 4 rings (SSSR count). The number of hydrogen-bond acceptors (Lipinski definition) is 5. The van der Waals surface area contributed by atoms with Crippen LogP contribution in [0.15, 0.2) is 60.7 Å². The predicted octanol–water partition coefficient (Wildman–Crippen LogP) is 4.76. The van der Waals surface area contributed by atoms with Gasteiger partial charge in [0.15, 0.2) is 0 Å². The Labute approximate surface area is 208 Å². The van der Waals surface area contributed by atoms with Gasteiger partial charge in [-0.25, -0.2) is 0 Å². The fourth-order valence-electron chi connectivity index (χ4n) is 4.79. The van der Waals surface area contributed by atoms with Crippen molar-refractivity contribution >= 4 is 5.91 Å². The molecule has 6 nitrogen and oxygen atoms in total. The molecule has 2 aromatic carbocycles. The maximum Gasteiger partial charge on any atom is 0.253 e. The molecule has 0 atom stereocenters. The summed E-state index contributed by atoms with van der Waals surface area (Å²) in [6.45, 7) is 5.40. The summed E-state index contributed by atoms with van der Waals surface area (Å²) in [4.78, 5) is 20.4. The third-order valence-corrected chi connectivity index (χ3v) is 6.70. The second-order valence-electron chi connectivity index (χ2n) is 9.11. The summed E-state index contributed by atoms with van der Waals surface area (Å²) in [5, 5.41) is 3.09. The number of methoxy groups -OCH3 is 2. The second kappa shape index (κ2) is 11.8. The number of hydrogen-bond donors (Lipinski definition) is 1. The van der Waals surface area contributed by atoms with E-state index in [0.717, 1.165) is 60.9 Å². The number of likely N-dealkylation sites (tertiary alicyclic amines) is 1. The first kappa shape index (κ1) is 24.7. The Kier molecular flexibility index (Phi) is 8.37. The molecule has 0 unspecified atom stereocenters. The number of amides is 1. The highest BCUT2D eigenvalue weighted by atomic mass is 16.5. The Balaban J connectivity index is 1.37. The highest BCUT2D eigenvalue weighted by molar-refractivity contribution is 5.95. The van der Waals surface area contributed by atoms with Crippen molar-refractivity contribution in [2.24, 2.45) is 0 Å². The number of piperidine rings is 1. The highest BCUT2D eigenvalue weighted by Crippen LogP contribution is 2.30. The van der Waals surface area contributed by atoms with Crippen molar-refractivity contribution in [3.8, 4) is 11.5 Å². The van der Waals surface area contributed by atoms with E-state index in [1.807, 2.05) is 55.5 Å². The van der Waals surface area contributed by atoms with Crippen molar-refractivity contribution < 1.29 is 14.3 Å². The topological polar surface area (TPSA) is 63.7 Å². The third kappa shape index (κ3) is 6.40. The number of benzene rings is 2. The summed E-state index contributed by atoms with van der Waals surface area (Å²) in [6, 6.07) is 20.0. The molecular weight excluding hydrogens is 438 g/mol. The van der Waals surface area contributed by atoms with Crippen LogP contribution in [0.1, 0.15) is 51.6 Å². The van der Waals surface area contributed by atoms with Gasteiger partial charge >= 0.3 is 0 Å². The fraction of sp³-hybridized carbons (Fsp3) is 0.379. The van der Waals surface area contributed by atoms with Gasteiger partial charge in [0.05, 0.1) is 25.5 Å². The van der Waals surface area contributed by atoms with Crippen molar-refractivity contribution in [3.63, 3.8) is 0 Å². The maximum atomic E-state index is 13.1. The monoisotopic (exact) mass is 473 g/mol. The van der Waals surface area contributed by atoms with E-state index < -0.39 is 0 Å². The average molecular weight is 474 g/mol. The number of rotatable bonds is 9. The largest absolute Gasteiger partial charge is 0.497 e. The third-order valence-electron chi connectivity index (χ3n) is 6.70. The Morgan fingerprint density at radius 3 is 2.60 bits per heavy atom. The number of carbonyl (C=O) groups is 1. The van der Waals surface area contributed by atoms with Gasteiger partial charge in [-0.05, 0) is 80.7 Å². The minimum absolute atomic E-state index is 0.0544. The molecule has 0 radical (unpaired) electrons. The molecule has 1 aromatic heterocycles. The van der Waals surface area contributed by atoms with E-state index in [1.54, 1.807) is 14.2 Å². The molecular formula is C29H35N3O3. The van der Waals surface area contributed by atoms with Gasteiger partial charge in [0.25, 0.3) is 5.91 Å². The summed E-state index contributed by atoms with van der Waals surface area (Å²) in [7, 11) is 3.37. The Morgan fingerprint density at radius 2 is 1.83 bits per heavy atom. The molecule has 1 saturated heterocycles. The molecule has 1 aliphatic rings. The van der Waals surface area contributed by atoms with Crippen molar-refractivity contribution in [1.82, 2.24) is 15.2 Å². The van der Waals surface area contributed by atoms with Gasteiger partial charge in [0.1, 0.15) is 11.5 Å². The first-order chi connectivity index (χ1) is 17.1. The summed E-state index contributed by atoms with van der Waals surface area (Å²) >= 11 is 0. The number of carbonyl (C=O) groups excluding carboxylic acids is 1. The Hall–Kier alpha value is -3.38. The van der Waals surface area contributed by atoms with Crippen LogP contribution < -0.4 is 14.8 Å². The van der Waals surface area contributed by atoms with Crippen LogP contribution in [0.25, 0.3) is 0 Å². The molecule has 0 spiro atoms. The first-order valence-corrected chi connectivity index (χ1v) is 12.3. The van der Waals surface area contributed by atoms with Gasteiger partial charge in [-0.1, -0.05) is 30.3 Å². The summed E-state index contributed by atoms with van der Waals surface area (Å²) in [6.07, 6.45) is 2.69. The molecule has 0 aliphatic carbocycles. The van der Waals surface area contributed by atoms with E-state index in [9.17, 15) is 4.79 Å². The quantitative estimate of drug-likeness (QED) is 0.486. The van der Waals surface area contributed by atoms with Crippen molar-refractivity contribution in [2.45, 2.75) is 38.6 Å². The Morgan fingerprint density at radius 1 is 1.03 bits per heavy atom. The molecule has 1 aliphatic heterocycles. The van der Waals surface area contributed by atoms with Gasteiger partial charge in [-0.2, -0.15) is 0 Å². The molecule has 1 N–H and O–H groups in total. The lowest BCUT2D eigenvalue weighted by molar-refractivity contribution is 0.0951. The van der Waals surface area contributed by atoms with Gasteiger partial charge in [-0.3, -0.25) is 14.7 Å². The number of pyridine rings is 1. The van der Waals surface area contributed by atoms with E-state index in [1.165, 1.54) is 5.56 Å². The normalized spacial score (nSPS) is 14.5. The van der Waals surface area contributed by atoms with Gasteiger partial charge in [0.2, 0.25) is 0 Å². The molecule has 0 bridgehead atoms. The smallest absolute Gasteiger partial charge is 0.253 e.